The summed E-state index contributed by atoms with van der Waals surface area (Å²) in [6.45, 7) is 4.54. The molecule has 1 amide bonds. The van der Waals surface area contributed by atoms with Crippen LogP contribution in [0.3, 0.4) is 0 Å². The SMILES string of the molecule is CC(C)(Oc1ccc2c(-c3ccccc3Cl)ccnc2c1)C(=O)N1CCC[C@H](CC(=O)O)C1. The van der Waals surface area contributed by atoms with Crippen LogP contribution in [0.2, 0.25) is 5.02 Å². The number of ether oxygens (including phenoxy) is 1. The number of carboxylic acid groups (broad SMARTS) is 1. The van der Waals surface area contributed by atoms with Crippen molar-refractivity contribution in [2.45, 2.75) is 38.7 Å². The summed E-state index contributed by atoms with van der Waals surface area (Å²) >= 11 is 6.40. The predicted octanol–water partition coefficient (Wildman–Crippen LogP) is 5.43. The van der Waals surface area contributed by atoms with Crippen LogP contribution >= 0.6 is 11.6 Å². The average Bonchev–Trinajstić information content (AvgIpc) is 2.78. The highest BCUT2D eigenvalue weighted by Crippen LogP contribution is 2.34. The van der Waals surface area contributed by atoms with Crippen LogP contribution < -0.4 is 4.74 Å². The Labute approximate surface area is 198 Å². The number of carbonyl (C=O) groups is 2. The lowest BCUT2D eigenvalue weighted by Gasteiger charge is -2.37. The molecule has 1 aliphatic rings. The number of pyridine rings is 1. The predicted molar refractivity (Wildman–Crippen MR) is 128 cm³/mol. The molecule has 0 aliphatic carbocycles. The monoisotopic (exact) mass is 466 g/mol. The maximum absolute atomic E-state index is 13.2. The third-order valence-electron chi connectivity index (χ3n) is 6.04. The molecule has 1 N–H and O–H groups in total. The number of aromatic nitrogens is 1. The van der Waals surface area contributed by atoms with Gasteiger partial charge >= 0.3 is 5.97 Å². The minimum atomic E-state index is -1.10. The van der Waals surface area contributed by atoms with Crippen LogP contribution in [-0.4, -0.2) is 45.6 Å². The molecule has 4 rings (SSSR count). The molecule has 1 saturated heterocycles. The first-order valence-electron chi connectivity index (χ1n) is 11.1. The first-order chi connectivity index (χ1) is 15.7. The van der Waals surface area contributed by atoms with Crippen molar-refractivity contribution in [3.63, 3.8) is 0 Å². The molecule has 0 bridgehead atoms. The molecular formula is C26H27ClN2O4. The maximum Gasteiger partial charge on any atom is 0.303 e. The number of nitrogens with zero attached hydrogens (tertiary/aromatic N) is 2. The second-order valence-electron chi connectivity index (χ2n) is 8.99. The molecule has 0 unspecified atom stereocenters. The Balaban J connectivity index is 1.55. The van der Waals surface area contributed by atoms with Gasteiger partial charge in [0.25, 0.3) is 5.91 Å². The number of benzene rings is 2. The van der Waals surface area contributed by atoms with Crippen LogP contribution in [0.4, 0.5) is 0 Å². The fraction of sp³-hybridized carbons (Fsp3) is 0.346. The summed E-state index contributed by atoms with van der Waals surface area (Å²) in [4.78, 5) is 30.5. The Morgan fingerprint density at radius 2 is 1.97 bits per heavy atom. The maximum atomic E-state index is 13.2. The van der Waals surface area contributed by atoms with Gasteiger partial charge in [0.15, 0.2) is 5.60 Å². The molecule has 6 nitrogen and oxygen atoms in total. The average molecular weight is 467 g/mol. The molecule has 0 saturated carbocycles. The minimum Gasteiger partial charge on any atom is -0.481 e. The molecule has 2 heterocycles. The van der Waals surface area contributed by atoms with Crippen molar-refractivity contribution in [1.29, 1.82) is 0 Å². The van der Waals surface area contributed by atoms with Crippen LogP contribution in [0, 0.1) is 5.92 Å². The number of piperidine rings is 1. The molecule has 1 aliphatic heterocycles. The molecule has 3 aromatic rings. The van der Waals surface area contributed by atoms with E-state index in [0.29, 0.717) is 23.9 Å². The Kier molecular flexibility index (Phi) is 6.56. The molecule has 1 fully saturated rings. The first-order valence-corrected chi connectivity index (χ1v) is 11.5. The summed E-state index contributed by atoms with van der Waals surface area (Å²) in [6, 6.07) is 15.2. The fourth-order valence-electron chi connectivity index (χ4n) is 4.49. The van der Waals surface area contributed by atoms with E-state index in [-0.39, 0.29) is 18.2 Å². The lowest BCUT2D eigenvalue weighted by Crippen LogP contribution is -2.52. The van der Waals surface area contributed by atoms with E-state index < -0.39 is 11.6 Å². The van der Waals surface area contributed by atoms with Gasteiger partial charge in [-0.05, 0) is 62.4 Å². The van der Waals surface area contributed by atoms with Crippen molar-refractivity contribution in [2.24, 2.45) is 5.92 Å². The number of amides is 1. The van der Waals surface area contributed by atoms with Crippen LogP contribution in [0.15, 0.2) is 54.7 Å². The third kappa shape index (κ3) is 5.11. The lowest BCUT2D eigenvalue weighted by molar-refractivity contribution is -0.149. The van der Waals surface area contributed by atoms with E-state index in [2.05, 4.69) is 4.98 Å². The van der Waals surface area contributed by atoms with Crippen molar-refractivity contribution >= 4 is 34.4 Å². The van der Waals surface area contributed by atoms with Crippen molar-refractivity contribution in [1.82, 2.24) is 9.88 Å². The molecule has 0 radical (unpaired) electrons. The molecule has 7 heteroatoms. The number of carbonyl (C=O) groups excluding carboxylic acids is 1. The highest BCUT2D eigenvalue weighted by atomic mass is 35.5. The minimum absolute atomic E-state index is 0.0240. The summed E-state index contributed by atoms with van der Waals surface area (Å²) in [7, 11) is 0. The lowest BCUT2D eigenvalue weighted by atomic mass is 9.93. The second-order valence-corrected chi connectivity index (χ2v) is 9.39. The van der Waals surface area contributed by atoms with E-state index in [9.17, 15) is 9.59 Å². The highest BCUT2D eigenvalue weighted by molar-refractivity contribution is 6.33. The Morgan fingerprint density at radius 1 is 1.18 bits per heavy atom. The number of aliphatic carboxylic acids is 1. The summed E-state index contributed by atoms with van der Waals surface area (Å²) in [5, 5.41) is 10.7. The van der Waals surface area contributed by atoms with E-state index in [1.54, 1.807) is 24.9 Å². The number of carboxylic acids is 1. The third-order valence-corrected chi connectivity index (χ3v) is 6.37. The summed E-state index contributed by atoms with van der Waals surface area (Å²) in [6.07, 6.45) is 3.43. The number of halogens is 1. The molecule has 1 aromatic heterocycles. The van der Waals surface area contributed by atoms with Crippen LogP contribution in [0.25, 0.3) is 22.0 Å². The standard InChI is InChI=1S/C26H27ClN2O4/c1-26(2,25(32)29-13-5-6-17(16-29)14-24(30)31)33-18-9-10-21-19(11-12-28-23(21)15-18)20-7-3-4-8-22(20)27/h3-4,7-12,15,17H,5-6,13-14,16H2,1-2H3,(H,30,31)/t17-/m1/s1. The van der Waals surface area contributed by atoms with Gasteiger partial charge in [0.05, 0.1) is 5.52 Å². The Hall–Kier alpha value is -3.12. The quantitative estimate of drug-likeness (QED) is 0.524. The smallest absolute Gasteiger partial charge is 0.303 e. The molecule has 0 spiro atoms. The normalized spacial score (nSPS) is 16.6. The number of fused-ring (bicyclic) bond motifs is 1. The molecule has 33 heavy (non-hydrogen) atoms. The molecule has 172 valence electrons. The largest absolute Gasteiger partial charge is 0.481 e. The zero-order valence-corrected chi connectivity index (χ0v) is 19.5. The van der Waals surface area contributed by atoms with Gasteiger partial charge in [0, 0.05) is 47.7 Å². The number of likely N-dealkylation sites (tertiary alicyclic amines) is 1. The van der Waals surface area contributed by atoms with Crippen LogP contribution in [-0.2, 0) is 9.59 Å². The van der Waals surface area contributed by atoms with Gasteiger partial charge in [-0.15, -0.1) is 0 Å². The van der Waals surface area contributed by atoms with Gasteiger partial charge < -0.3 is 14.7 Å². The number of rotatable bonds is 6. The van der Waals surface area contributed by atoms with Gasteiger partial charge in [-0.1, -0.05) is 29.8 Å². The first kappa shape index (κ1) is 23.1. The zero-order chi connectivity index (χ0) is 23.6. The Morgan fingerprint density at radius 3 is 2.73 bits per heavy atom. The van der Waals surface area contributed by atoms with Crippen molar-refractivity contribution < 1.29 is 19.4 Å². The van der Waals surface area contributed by atoms with E-state index in [4.69, 9.17) is 21.4 Å². The van der Waals surface area contributed by atoms with Crippen molar-refractivity contribution in [2.75, 3.05) is 13.1 Å². The van der Waals surface area contributed by atoms with Crippen molar-refractivity contribution in [3.05, 3.63) is 59.8 Å². The molecule has 2 aromatic carbocycles. The van der Waals surface area contributed by atoms with Crippen LogP contribution in [0.5, 0.6) is 5.75 Å². The Bertz CT molecular complexity index is 1190. The number of hydrogen-bond donors (Lipinski definition) is 1. The van der Waals surface area contributed by atoms with Gasteiger partial charge in [0.2, 0.25) is 0 Å². The summed E-state index contributed by atoms with van der Waals surface area (Å²) < 4.78 is 6.14. The molecular weight excluding hydrogens is 440 g/mol. The van der Waals surface area contributed by atoms with Gasteiger partial charge in [-0.2, -0.15) is 0 Å². The number of hydrogen-bond acceptors (Lipinski definition) is 4. The van der Waals surface area contributed by atoms with E-state index in [0.717, 1.165) is 34.9 Å². The van der Waals surface area contributed by atoms with E-state index in [1.165, 1.54) is 0 Å². The summed E-state index contributed by atoms with van der Waals surface area (Å²) in [5.41, 5.74) is 1.55. The fourth-order valence-corrected chi connectivity index (χ4v) is 4.73. The highest BCUT2D eigenvalue weighted by Gasteiger charge is 2.37. The van der Waals surface area contributed by atoms with Gasteiger partial charge in [-0.3, -0.25) is 14.6 Å². The van der Waals surface area contributed by atoms with Crippen molar-refractivity contribution in [3.8, 4) is 16.9 Å². The van der Waals surface area contributed by atoms with E-state index >= 15 is 0 Å². The zero-order valence-electron chi connectivity index (χ0n) is 18.8. The molecule has 1 atom stereocenters. The topological polar surface area (TPSA) is 79.7 Å². The van der Waals surface area contributed by atoms with Gasteiger partial charge in [0.1, 0.15) is 5.75 Å². The van der Waals surface area contributed by atoms with Crippen LogP contribution in [0.1, 0.15) is 33.1 Å². The second kappa shape index (κ2) is 9.40. The van der Waals surface area contributed by atoms with Gasteiger partial charge in [-0.25, -0.2) is 0 Å². The van der Waals surface area contributed by atoms with E-state index in [1.807, 2.05) is 48.5 Å². The summed E-state index contributed by atoms with van der Waals surface area (Å²) in [5.74, 6) is -0.451.